The highest BCUT2D eigenvalue weighted by molar-refractivity contribution is 7.16. The van der Waals surface area contributed by atoms with E-state index in [4.69, 9.17) is 15.6 Å². The largest absolute Gasteiger partial charge is 0.490 e. The molecule has 156 valence electrons. The minimum atomic E-state index is -5.08. The molecule has 4 N–H and O–H groups in total. The van der Waals surface area contributed by atoms with Gasteiger partial charge in [0, 0.05) is 11.9 Å². The number of carboxylic acid groups (broad SMARTS) is 1. The number of hydrogen-bond donors (Lipinski definition) is 3. The maximum Gasteiger partial charge on any atom is 0.490 e. The fraction of sp³-hybridized carbons (Fsp3) is 0.0526. The number of nitrogens with one attached hydrogen (secondary N) is 1. The van der Waals surface area contributed by atoms with Crippen LogP contribution in [0.1, 0.15) is 24.9 Å². The minimum Gasteiger partial charge on any atom is -0.475 e. The maximum absolute atomic E-state index is 12.4. The van der Waals surface area contributed by atoms with E-state index in [0.29, 0.717) is 21.0 Å². The van der Waals surface area contributed by atoms with Crippen LogP contribution in [0, 0.1) is 0 Å². The summed E-state index contributed by atoms with van der Waals surface area (Å²) >= 11 is 1.13. The van der Waals surface area contributed by atoms with Gasteiger partial charge in [0.25, 0.3) is 5.91 Å². The smallest absolute Gasteiger partial charge is 0.475 e. The number of para-hydroxylation sites is 1. The third-order valence-electron chi connectivity index (χ3n) is 3.41. The first-order valence-electron chi connectivity index (χ1n) is 8.11. The van der Waals surface area contributed by atoms with E-state index in [9.17, 15) is 22.8 Å². The molecule has 3 rings (SSSR count). The zero-order valence-corrected chi connectivity index (χ0v) is 15.8. The quantitative estimate of drug-likeness (QED) is 0.533. The molecule has 0 aliphatic carbocycles. The molecular weight excluding hydrogens is 423 g/mol. The first-order valence-corrected chi connectivity index (χ1v) is 8.92. The highest BCUT2D eigenvalue weighted by Crippen LogP contribution is 2.23. The minimum absolute atomic E-state index is 0.182. The van der Waals surface area contributed by atoms with Crippen molar-refractivity contribution in [2.75, 3.05) is 11.1 Å². The van der Waals surface area contributed by atoms with E-state index < -0.39 is 12.1 Å². The van der Waals surface area contributed by atoms with Gasteiger partial charge in [-0.25, -0.2) is 9.78 Å². The maximum atomic E-state index is 12.4. The van der Waals surface area contributed by atoms with Gasteiger partial charge < -0.3 is 16.2 Å². The number of carbonyl (C=O) groups excluding carboxylic acids is 2. The first-order chi connectivity index (χ1) is 14.1. The van der Waals surface area contributed by atoms with E-state index in [1.54, 1.807) is 36.4 Å². The number of nitrogens with zero attached hydrogens (tertiary/aromatic N) is 1. The summed E-state index contributed by atoms with van der Waals surface area (Å²) in [5.41, 5.74) is 6.76. The van der Waals surface area contributed by atoms with Gasteiger partial charge in [0.1, 0.15) is 5.82 Å². The van der Waals surface area contributed by atoms with Gasteiger partial charge in [-0.1, -0.05) is 18.2 Å². The topological polar surface area (TPSA) is 122 Å². The summed E-state index contributed by atoms with van der Waals surface area (Å²) in [7, 11) is 0. The fourth-order valence-electron chi connectivity index (χ4n) is 2.04. The predicted octanol–water partition coefficient (Wildman–Crippen LogP) is 3.84. The normalized spacial score (nSPS) is 10.5. The van der Waals surface area contributed by atoms with Crippen molar-refractivity contribution in [2.24, 2.45) is 0 Å². The molecule has 0 spiro atoms. The SMILES string of the molecule is Nc1ncccc1C(=O)c1ccc(C(=O)Nc2ccccc2)s1.O=C(O)C(F)(F)F. The lowest BCUT2D eigenvalue weighted by molar-refractivity contribution is -0.192. The second kappa shape index (κ2) is 9.65. The summed E-state index contributed by atoms with van der Waals surface area (Å²) in [5, 5.41) is 9.91. The van der Waals surface area contributed by atoms with Gasteiger partial charge in [-0.3, -0.25) is 9.59 Å². The standard InChI is InChI=1S/C17H13N3O2S.C2HF3O2/c18-16-12(7-4-10-19-16)15(21)13-8-9-14(23-13)17(22)20-11-5-2-1-3-6-11;3-2(4,5)1(6)7/h1-10H,(H2,18,19)(H,20,22);(H,6,7). The Labute approximate surface area is 172 Å². The fourth-order valence-corrected chi connectivity index (χ4v) is 2.89. The number of aliphatic carboxylic acids is 1. The highest BCUT2D eigenvalue weighted by Gasteiger charge is 2.38. The molecule has 3 aromatic rings. The lowest BCUT2D eigenvalue weighted by Gasteiger charge is -2.02. The Morgan fingerprint density at radius 3 is 2.13 bits per heavy atom. The summed E-state index contributed by atoms with van der Waals surface area (Å²) in [5.74, 6) is -3.06. The highest BCUT2D eigenvalue weighted by atomic mass is 32.1. The molecule has 0 fully saturated rings. The van der Waals surface area contributed by atoms with Crippen LogP contribution < -0.4 is 11.1 Å². The number of nitrogens with two attached hydrogens (primary N) is 1. The van der Waals surface area contributed by atoms with Gasteiger partial charge in [0.2, 0.25) is 5.78 Å². The lowest BCUT2D eigenvalue weighted by Crippen LogP contribution is -2.21. The van der Waals surface area contributed by atoms with Crippen LogP contribution in [-0.4, -0.2) is 33.9 Å². The molecule has 0 bridgehead atoms. The number of alkyl halides is 3. The molecule has 0 radical (unpaired) electrons. The van der Waals surface area contributed by atoms with E-state index >= 15 is 0 Å². The Morgan fingerprint density at radius 2 is 1.57 bits per heavy atom. The molecule has 0 saturated heterocycles. The number of amides is 1. The average Bonchev–Trinajstić information content (AvgIpc) is 3.19. The second-order valence-corrected chi connectivity index (χ2v) is 6.64. The third kappa shape index (κ3) is 6.14. The molecule has 7 nitrogen and oxygen atoms in total. The Morgan fingerprint density at radius 1 is 0.967 bits per heavy atom. The Balaban J connectivity index is 0.000000396. The van der Waals surface area contributed by atoms with E-state index in [0.717, 1.165) is 11.3 Å². The zero-order chi connectivity index (χ0) is 22.3. The van der Waals surface area contributed by atoms with Crippen LogP contribution in [0.2, 0.25) is 0 Å². The number of benzene rings is 1. The molecule has 0 aliphatic rings. The van der Waals surface area contributed by atoms with Crippen LogP contribution in [0.3, 0.4) is 0 Å². The van der Waals surface area contributed by atoms with Crippen molar-refractivity contribution < 1.29 is 32.7 Å². The number of pyridine rings is 1. The number of anilines is 2. The molecule has 0 unspecified atom stereocenters. The zero-order valence-electron chi connectivity index (χ0n) is 15.0. The molecule has 30 heavy (non-hydrogen) atoms. The lowest BCUT2D eigenvalue weighted by atomic mass is 10.1. The number of nitrogen functional groups attached to an aromatic ring is 1. The molecule has 0 atom stereocenters. The first kappa shape index (κ1) is 22.6. The number of rotatable bonds is 4. The van der Waals surface area contributed by atoms with Crippen LogP contribution >= 0.6 is 11.3 Å². The number of ketones is 1. The van der Waals surface area contributed by atoms with Crippen molar-refractivity contribution in [1.29, 1.82) is 0 Å². The molecule has 2 heterocycles. The molecule has 11 heteroatoms. The molecule has 2 aromatic heterocycles. The van der Waals surface area contributed by atoms with Crippen LogP contribution in [0.5, 0.6) is 0 Å². The average molecular weight is 437 g/mol. The summed E-state index contributed by atoms with van der Waals surface area (Å²) in [6.07, 6.45) is -3.56. The van der Waals surface area contributed by atoms with Crippen molar-refractivity contribution in [1.82, 2.24) is 4.98 Å². The van der Waals surface area contributed by atoms with E-state index in [2.05, 4.69) is 10.3 Å². The van der Waals surface area contributed by atoms with E-state index in [1.165, 1.54) is 6.20 Å². The molecular formula is C19H14F3N3O4S. The number of aromatic nitrogens is 1. The van der Waals surface area contributed by atoms with Crippen LogP contribution in [-0.2, 0) is 4.79 Å². The summed E-state index contributed by atoms with van der Waals surface area (Å²) in [6.45, 7) is 0. The Hall–Kier alpha value is -3.73. The number of thiophene rings is 1. The molecule has 0 aliphatic heterocycles. The van der Waals surface area contributed by atoms with Crippen LogP contribution in [0.4, 0.5) is 24.7 Å². The van der Waals surface area contributed by atoms with Crippen LogP contribution in [0.15, 0.2) is 60.8 Å². The number of carboxylic acids is 1. The van der Waals surface area contributed by atoms with Crippen molar-refractivity contribution in [2.45, 2.75) is 6.18 Å². The van der Waals surface area contributed by atoms with Crippen molar-refractivity contribution in [3.63, 3.8) is 0 Å². The van der Waals surface area contributed by atoms with Gasteiger partial charge in [-0.2, -0.15) is 13.2 Å². The Bertz CT molecular complexity index is 1050. The predicted molar refractivity (Wildman–Crippen MR) is 104 cm³/mol. The van der Waals surface area contributed by atoms with Gasteiger partial charge in [0.05, 0.1) is 15.3 Å². The van der Waals surface area contributed by atoms with E-state index in [-0.39, 0.29) is 17.5 Å². The van der Waals surface area contributed by atoms with Crippen LogP contribution in [0.25, 0.3) is 0 Å². The van der Waals surface area contributed by atoms with Gasteiger partial charge >= 0.3 is 12.1 Å². The van der Waals surface area contributed by atoms with Crippen molar-refractivity contribution >= 4 is 40.5 Å². The number of carbonyl (C=O) groups is 3. The van der Waals surface area contributed by atoms with E-state index in [1.807, 2.05) is 18.2 Å². The summed E-state index contributed by atoms with van der Waals surface area (Å²) in [6, 6.07) is 15.7. The van der Waals surface area contributed by atoms with Gasteiger partial charge in [-0.05, 0) is 36.4 Å². The Kier molecular flexibility index (Phi) is 7.26. The summed E-state index contributed by atoms with van der Waals surface area (Å²) in [4.78, 5) is 38.3. The molecule has 0 saturated carbocycles. The third-order valence-corrected chi connectivity index (χ3v) is 4.49. The number of hydrogen-bond acceptors (Lipinski definition) is 6. The monoisotopic (exact) mass is 437 g/mol. The second-order valence-electron chi connectivity index (χ2n) is 5.55. The summed E-state index contributed by atoms with van der Waals surface area (Å²) < 4.78 is 31.7. The number of halogens is 3. The van der Waals surface area contributed by atoms with Gasteiger partial charge in [0.15, 0.2) is 0 Å². The van der Waals surface area contributed by atoms with Gasteiger partial charge in [-0.15, -0.1) is 11.3 Å². The molecule has 1 aromatic carbocycles. The van der Waals surface area contributed by atoms with Crippen molar-refractivity contribution in [3.05, 3.63) is 76.1 Å². The molecule has 1 amide bonds. The van der Waals surface area contributed by atoms with Crippen molar-refractivity contribution in [3.8, 4) is 0 Å².